The highest BCUT2D eigenvalue weighted by Crippen LogP contribution is 2.06. The Morgan fingerprint density at radius 1 is 1.24 bits per heavy atom. The summed E-state index contributed by atoms with van der Waals surface area (Å²) in [6.45, 7) is 3.47. The lowest BCUT2D eigenvalue weighted by atomic mass is 10.0. The second kappa shape index (κ2) is 8.98. The predicted octanol–water partition coefficient (Wildman–Crippen LogP) is 0.945. The number of carbonyl (C=O) groups is 2. The zero-order valence-corrected chi connectivity index (χ0v) is 11.0. The van der Waals surface area contributed by atoms with Gasteiger partial charge in [-0.05, 0) is 39.4 Å². The number of amides is 1. The average Bonchev–Trinajstić information content (AvgIpc) is 2.14. The molecule has 0 rings (SSSR count). The van der Waals surface area contributed by atoms with E-state index in [9.17, 15) is 9.59 Å². The summed E-state index contributed by atoms with van der Waals surface area (Å²) in [7, 11) is 4.04. The van der Waals surface area contributed by atoms with E-state index in [-0.39, 0.29) is 18.2 Å². The fourth-order valence-corrected chi connectivity index (χ4v) is 1.54. The highest BCUT2D eigenvalue weighted by molar-refractivity contribution is 5.77. The SMILES string of the molecule is CC(CC(=O)O)CC(=O)NCCCCN(C)C. The van der Waals surface area contributed by atoms with Crippen molar-refractivity contribution in [3.05, 3.63) is 0 Å². The van der Waals surface area contributed by atoms with Crippen LogP contribution >= 0.6 is 0 Å². The minimum absolute atomic E-state index is 0.0497. The highest BCUT2D eigenvalue weighted by atomic mass is 16.4. The molecule has 5 nitrogen and oxygen atoms in total. The minimum Gasteiger partial charge on any atom is -0.481 e. The van der Waals surface area contributed by atoms with Gasteiger partial charge >= 0.3 is 5.97 Å². The zero-order valence-electron chi connectivity index (χ0n) is 11.0. The molecule has 0 aromatic carbocycles. The largest absolute Gasteiger partial charge is 0.481 e. The van der Waals surface area contributed by atoms with Gasteiger partial charge in [-0.1, -0.05) is 6.92 Å². The fourth-order valence-electron chi connectivity index (χ4n) is 1.54. The summed E-state index contributed by atoms with van der Waals surface area (Å²) in [4.78, 5) is 23.9. The van der Waals surface area contributed by atoms with Crippen LogP contribution in [-0.2, 0) is 9.59 Å². The molecule has 0 fully saturated rings. The molecule has 0 aromatic heterocycles. The third-order valence-electron chi connectivity index (χ3n) is 2.41. The number of nitrogens with one attached hydrogen (secondary N) is 1. The van der Waals surface area contributed by atoms with Gasteiger partial charge in [0.2, 0.25) is 5.91 Å². The Morgan fingerprint density at radius 2 is 1.88 bits per heavy atom. The van der Waals surface area contributed by atoms with Crippen molar-refractivity contribution in [3.8, 4) is 0 Å². The summed E-state index contributed by atoms with van der Waals surface area (Å²) >= 11 is 0. The lowest BCUT2D eigenvalue weighted by Crippen LogP contribution is -2.27. The number of carboxylic acids is 1. The molecule has 0 aliphatic carbocycles. The molecule has 1 atom stereocenters. The van der Waals surface area contributed by atoms with E-state index in [1.165, 1.54) is 0 Å². The molecule has 0 heterocycles. The average molecular weight is 244 g/mol. The lowest BCUT2D eigenvalue weighted by Gasteiger charge is -2.11. The summed E-state index contributed by atoms with van der Waals surface area (Å²) in [6.07, 6.45) is 2.35. The van der Waals surface area contributed by atoms with E-state index in [2.05, 4.69) is 10.2 Å². The van der Waals surface area contributed by atoms with Crippen LogP contribution in [0, 0.1) is 5.92 Å². The van der Waals surface area contributed by atoms with Crippen LogP contribution in [0.4, 0.5) is 0 Å². The van der Waals surface area contributed by atoms with Gasteiger partial charge in [0.25, 0.3) is 0 Å². The quantitative estimate of drug-likeness (QED) is 0.592. The molecule has 0 aromatic rings. The normalized spacial score (nSPS) is 12.5. The molecular formula is C12H24N2O3. The first kappa shape index (κ1) is 15.9. The van der Waals surface area contributed by atoms with Gasteiger partial charge in [-0.25, -0.2) is 0 Å². The number of hydrogen-bond acceptors (Lipinski definition) is 3. The van der Waals surface area contributed by atoms with Crippen molar-refractivity contribution in [2.75, 3.05) is 27.2 Å². The number of rotatable bonds is 9. The summed E-state index contributed by atoms with van der Waals surface area (Å²) in [5.41, 5.74) is 0. The number of unbranched alkanes of at least 4 members (excludes halogenated alkanes) is 1. The Bertz CT molecular complexity index is 242. The van der Waals surface area contributed by atoms with Crippen LogP contribution in [-0.4, -0.2) is 49.1 Å². The van der Waals surface area contributed by atoms with E-state index in [4.69, 9.17) is 5.11 Å². The van der Waals surface area contributed by atoms with Crippen LogP contribution in [0.5, 0.6) is 0 Å². The molecule has 100 valence electrons. The van der Waals surface area contributed by atoms with Crippen molar-refractivity contribution in [3.63, 3.8) is 0 Å². The molecule has 0 radical (unpaired) electrons. The molecule has 0 bridgehead atoms. The maximum absolute atomic E-state index is 11.4. The Labute approximate surface area is 103 Å². The van der Waals surface area contributed by atoms with Crippen LogP contribution in [0.3, 0.4) is 0 Å². The summed E-state index contributed by atoms with van der Waals surface area (Å²) < 4.78 is 0. The molecule has 0 aliphatic rings. The minimum atomic E-state index is -0.851. The molecule has 1 amide bonds. The van der Waals surface area contributed by atoms with Crippen LogP contribution in [0.1, 0.15) is 32.6 Å². The monoisotopic (exact) mass is 244 g/mol. The van der Waals surface area contributed by atoms with E-state index in [1.807, 2.05) is 14.1 Å². The summed E-state index contributed by atoms with van der Waals surface area (Å²) in [5, 5.41) is 11.4. The molecule has 17 heavy (non-hydrogen) atoms. The fraction of sp³-hybridized carbons (Fsp3) is 0.833. The van der Waals surface area contributed by atoms with Gasteiger partial charge in [0.15, 0.2) is 0 Å². The van der Waals surface area contributed by atoms with E-state index in [1.54, 1.807) is 6.92 Å². The molecule has 0 saturated heterocycles. The first-order chi connectivity index (χ1) is 7.91. The van der Waals surface area contributed by atoms with Gasteiger partial charge in [0.05, 0.1) is 0 Å². The predicted molar refractivity (Wildman–Crippen MR) is 66.8 cm³/mol. The first-order valence-corrected chi connectivity index (χ1v) is 6.05. The second-order valence-electron chi connectivity index (χ2n) is 4.77. The van der Waals surface area contributed by atoms with E-state index in [0.717, 1.165) is 19.4 Å². The molecule has 2 N–H and O–H groups in total. The Hall–Kier alpha value is -1.10. The molecule has 0 saturated carbocycles. The smallest absolute Gasteiger partial charge is 0.303 e. The number of nitrogens with zero attached hydrogens (tertiary/aromatic N) is 1. The number of carboxylic acid groups (broad SMARTS) is 1. The zero-order chi connectivity index (χ0) is 13.3. The van der Waals surface area contributed by atoms with Crippen molar-refractivity contribution in [1.82, 2.24) is 10.2 Å². The molecule has 5 heteroatoms. The van der Waals surface area contributed by atoms with Crippen molar-refractivity contribution in [2.24, 2.45) is 5.92 Å². The lowest BCUT2D eigenvalue weighted by molar-refractivity contribution is -0.138. The van der Waals surface area contributed by atoms with Crippen LogP contribution in [0.15, 0.2) is 0 Å². The third-order valence-corrected chi connectivity index (χ3v) is 2.41. The maximum atomic E-state index is 11.4. The Balaban J connectivity index is 3.49. The molecule has 0 spiro atoms. The van der Waals surface area contributed by atoms with Gasteiger partial charge < -0.3 is 15.3 Å². The van der Waals surface area contributed by atoms with Crippen LogP contribution in [0.25, 0.3) is 0 Å². The summed E-state index contributed by atoms with van der Waals surface area (Å²) in [6, 6.07) is 0. The maximum Gasteiger partial charge on any atom is 0.303 e. The van der Waals surface area contributed by atoms with E-state index in [0.29, 0.717) is 13.0 Å². The van der Waals surface area contributed by atoms with Crippen molar-refractivity contribution in [2.45, 2.75) is 32.6 Å². The van der Waals surface area contributed by atoms with Crippen LogP contribution < -0.4 is 5.32 Å². The first-order valence-electron chi connectivity index (χ1n) is 6.05. The Kier molecular flexibility index (Phi) is 8.40. The van der Waals surface area contributed by atoms with Crippen molar-refractivity contribution in [1.29, 1.82) is 0 Å². The van der Waals surface area contributed by atoms with Crippen molar-refractivity contribution >= 4 is 11.9 Å². The number of hydrogen-bond donors (Lipinski definition) is 2. The molecular weight excluding hydrogens is 220 g/mol. The number of aliphatic carboxylic acids is 1. The van der Waals surface area contributed by atoms with Gasteiger partial charge in [-0.2, -0.15) is 0 Å². The van der Waals surface area contributed by atoms with E-state index >= 15 is 0 Å². The van der Waals surface area contributed by atoms with E-state index < -0.39 is 5.97 Å². The molecule has 0 aliphatic heterocycles. The molecule has 1 unspecified atom stereocenters. The van der Waals surface area contributed by atoms with Gasteiger partial charge in [-0.3, -0.25) is 9.59 Å². The number of carbonyl (C=O) groups excluding carboxylic acids is 1. The Morgan fingerprint density at radius 3 is 2.41 bits per heavy atom. The summed E-state index contributed by atoms with van der Waals surface area (Å²) in [5.74, 6) is -1.01. The van der Waals surface area contributed by atoms with Gasteiger partial charge in [0.1, 0.15) is 0 Å². The van der Waals surface area contributed by atoms with Crippen molar-refractivity contribution < 1.29 is 14.7 Å². The van der Waals surface area contributed by atoms with Crippen LogP contribution in [0.2, 0.25) is 0 Å². The van der Waals surface area contributed by atoms with Gasteiger partial charge in [-0.15, -0.1) is 0 Å². The van der Waals surface area contributed by atoms with Gasteiger partial charge in [0, 0.05) is 19.4 Å². The highest BCUT2D eigenvalue weighted by Gasteiger charge is 2.11. The standard InChI is InChI=1S/C12H24N2O3/c1-10(9-12(16)17)8-11(15)13-6-4-5-7-14(2)3/h10H,4-9H2,1-3H3,(H,13,15)(H,16,17). The third kappa shape index (κ3) is 11.2. The topological polar surface area (TPSA) is 69.6 Å². The second-order valence-corrected chi connectivity index (χ2v) is 4.77.